The minimum Gasteiger partial charge on any atom is -0.485 e. The maximum Gasteiger partial charge on any atom is 0.248 e. The van der Waals surface area contributed by atoms with E-state index in [-0.39, 0.29) is 29.0 Å². The quantitative estimate of drug-likeness (QED) is 0.287. The summed E-state index contributed by atoms with van der Waals surface area (Å²) in [6.07, 6.45) is 13.7. The molecule has 7 nitrogen and oxygen atoms in total. The van der Waals surface area contributed by atoms with Crippen molar-refractivity contribution in [1.82, 2.24) is 14.9 Å². The summed E-state index contributed by atoms with van der Waals surface area (Å²) in [5, 5.41) is 4.12. The van der Waals surface area contributed by atoms with Gasteiger partial charge in [0.1, 0.15) is 24.0 Å². The van der Waals surface area contributed by atoms with Crippen molar-refractivity contribution < 1.29 is 18.7 Å². The number of benzene rings is 2. The van der Waals surface area contributed by atoms with Crippen molar-refractivity contribution in [2.45, 2.75) is 91.0 Å². The molecule has 9 heteroatoms. The number of nitrogens with zero attached hydrogens (tertiary/aromatic N) is 3. The number of fused-ring (bicyclic) bond motifs is 3. The van der Waals surface area contributed by atoms with Gasteiger partial charge in [0.15, 0.2) is 0 Å². The monoisotopic (exact) mass is 610 g/mol. The molecule has 4 heterocycles. The van der Waals surface area contributed by atoms with E-state index >= 15 is 0 Å². The van der Waals surface area contributed by atoms with Gasteiger partial charge >= 0.3 is 0 Å². The van der Waals surface area contributed by atoms with Crippen molar-refractivity contribution in [3.05, 3.63) is 70.9 Å². The van der Waals surface area contributed by atoms with Crippen molar-refractivity contribution >= 4 is 34.1 Å². The van der Waals surface area contributed by atoms with Gasteiger partial charge in [-0.2, -0.15) is 0 Å². The van der Waals surface area contributed by atoms with E-state index in [1.54, 1.807) is 24.5 Å². The molecular weight excluding hydrogens is 567 g/mol. The summed E-state index contributed by atoms with van der Waals surface area (Å²) in [5.74, 6) is 0.131. The van der Waals surface area contributed by atoms with E-state index in [2.05, 4.69) is 34.0 Å². The minimum atomic E-state index is -0.359. The lowest BCUT2D eigenvalue weighted by Crippen LogP contribution is -2.29. The van der Waals surface area contributed by atoms with Gasteiger partial charge < -0.3 is 14.8 Å². The number of hydrogen-bond donors (Lipinski definition) is 1. The first-order valence-electron chi connectivity index (χ1n) is 15.5. The molecule has 0 saturated carbocycles. The summed E-state index contributed by atoms with van der Waals surface area (Å²) in [6, 6.07) is 8.46. The van der Waals surface area contributed by atoms with Crippen molar-refractivity contribution in [2.75, 3.05) is 25.0 Å². The number of aromatic nitrogens is 2. The molecule has 232 valence electrons. The number of halogens is 2. The molecule has 3 unspecified atom stereocenters. The number of anilines is 1. The zero-order valence-electron chi connectivity index (χ0n) is 25.7. The highest BCUT2D eigenvalue weighted by Crippen LogP contribution is 2.39. The maximum atomic E-state index is 12.7. The molecule has 3 aliphatic heterocycles. The van der Waals surface area contributed by atoms with E-state index in [9.17, 15) is 9.18 Å². The number of hydrogen-bond acceptors (Lipinski definition) is 6. The standard InChI is InChI=1S/C24H30N4O3.C7H6ClF.C3H8/c1-16-18-13-20(27-24(29)6-5-11-28-9-3-2-4-10-28)22(14-19(18)26-15-25-16)31-23-12-17-7-8-21(23)30-17;1-5-2-3-7(9)6(8)4-5;1-3-2/h5-6,13-15,17,21,23H,2-4,7-12H2,1H3,(H,27,29);2-4H,1H3;3H2,1-2H3/b6-5+;;. The molecule has 2 bridgehead atoms. The van der Waals surface area contributed by atoms with Gasteiger partial charge in [-0.3, -0.25) is 9.69 Å². The molecule has 0 aliphatic carbocycles. The van der Waals surface area contributed by atoms with Crippen LogP contribution in [-0.2, 0) is 9.53 Å². The molecule has 2 aromatic carbocycles. The summed E-state index contributed by atoms with van der Waals surface area (Å²) in [5.41, 5.74) is 3.31. The summed E-state index contributed by atoms with van der Waals surface area (Å²) in [4.78, 5) is 23.7. The lowest BCUT2D eigenvalue weighted by atomic mass is 9.98. The molecule has 3 aromatic rings. The van der Waals surface area contributed by atoms with E-state index in [0.717, 1.165) is 61.1 Å². The number of carbonyl (C=O) groups excluding carboxylic acids is 1. The fourth-order valence-electron chi connectivity index (χ4n) is 5.51. The molecule has 3 atom stereocenters. The zero-order valence-corrected chi connectivity index (χ0v) is 26.5. The lowest BCUT2D eigenvalue weighted by Gasteiger charge is -2.24. The third kappa shape index (κ3) is 9.46. The summed E-state index contributed by atoms with van der Waals surface area (Å²) in [6.45, 7) is 11.1. The van der Waals surface area contributed by atoms with Crippen LogP contribution in [0.4, 0.5) is 10.1 Å². The Morgan fingerprint density at radius 2 is 1.91 bits per heavy atom. The highest BCUT2D eigenvalue weighted by molar-refractivity contribution is 6.30. The number of aryl methyl sites for hydroxylation is 2. The van der Waals surface area contributed by atoms with E-state index in [4.69, 9.17) is 21.1 Å². The predicted molar refractivity (Wildman–Crippen MR) is 171 cm³/mol. The van der Waals surface area contributed by atoms with Crippen LogP contribution < -0.4 is 10.1 Å². The summed E-state index contributed by atoms with van der Waals surface area (Å²) in [7, 11) is 0. The first-order valence-corrected chi connectivity index (χ1v) is 15.8. The number of ether oxygens (including phenoxy) is 2. The molecule has 6 rings (SSSR count). The molecule has 1 amide bonds. The SMILES string of the molecule is CCC.Cc1ccc(F)c(Cl)c1.Cc1ncnc2cc(OC3CC4CCC3O4)c(NC(=O)/C=C/CN3CCCCC3)cc12. The fourth-order valence-corrected chi connectivity index (χ4v) is 5.75. The number of piperidine rings is 1. The summed E-state index contributed by atoms with van der Waals surface area (Å²) >= 11 is 5.44. The van der Waals surface area contributed by atoms with Crippen LogP contribution in [0.1, 0.15) is 70.1 Å². The van der Waals surface area contributed by atoms with Gasteiger partial charge in [-0.05, 0) is 76.4 Å². The first kappa shape index (κ1) is 32.8. The predicted octanol–water partition coefficient (Wildman–Crippen LogP) is 7.82. The Bertz CT molecular complexity index is 1400. The zero-order chi connectivity index (χ0) is 30.8. The van der Waals surface area contributed by atoms with Crippen LogP contribution in [0, 0.1) is 19.7 Å². The highest BCUT2D eigenvalue weighted by atomic mass is 35.5. The molecule has 0 radical (unpaired) electrons. The van der Waals surface area contributed by atoms with Gasteiger partial charge in [0.2, 0.25) is 5.91 Å². The Morgan fingerprint density at radius 3 is 2.56 bits per heavy atom. The van der Waals surface area contributed by atoms with Crippen LogP contribution in [-0.4, -0.2) is 58.7 Å². The van der Waals surface area contributed by atoms with Gasteiger partial charge in [-0.1, -0.05) is 50.4 Å². The third-order valence-corrected chi connectivity index (χ3v) is 7.97. The molecule has 43 heavy (non-hydrogen) atoms. The second kappa shape index (κ2) is 16.1. The van der Waals surface area contributed by atoms with Crippen molar-refractivity contribution in [3.63, 3.8) is 0 Å². The maximum absolute atomic E-state index is 12.7. The number of rotatable bonds is 6. The van der Waals surface area contributed by atoms with E-state index in [1.807, 2.05) is 32.1 Å². The number of carbonyl (C=O) groups is 1. The average molecular weight is 611 g/mol. The van der Waals surface area contributed by atoms with E-state index in [0.29, 0.717) is 17.5 Å². The van der Waals surface area contributed by atoms with Crippen molar-refractivity contribution in [1.29, 1.82) is 0 Å². The van der Waals surface area contributed by atoms with Gasteiger partial charge in [-0.15, -0.1) is 0 Å². The van der Waals surface area contributed by atoms with Crippen LogP contribution in [0.3, 0.4) is 0 Å². The number of nitrogens with one attached hydrogen (secondary N) is 1. The Hall–Kier alpha value is -3.07. The Labute approximate surface area is 259 Å². The smallest absolute Gasteiger partial charge is 0.248 e. The molecule has 3 fully saturated rings. The topological polar surface area (TPSA) is 76.6 Å². The Morgan fingerprint density at radius 1 is 1.14 bits per heavy atom. The molecule has 3 aliphatic rings. The van der Waals surface area contributed by atoms with Crippen molar-refractivity contribution in [2.24, 2.45) is 0 Å². The van der Waals surface area contributed by atoms with Crippen LogP contribution >= 0.6 is 11.6 Å². The molecular formula is C34H44ClFN4O3. The fraction of sp³-hybridized carbons (Fsp3) is 0.500. The van der Waals surface area contributed by atoms with Crippen molar-refractivity contribution in [3.8, 4) is 5.75 Å². The molecule has 3 saturated heterocycles. The number of amides is 1. The van der Waals surface area contributed by atoms with Gasteiger partial charge in [0.25, 0.3) is 0 Å². The second-order valence-electron chi connectivity index (χ2n) is 11.5. The molecule has 1 aromatic heterocycles. The largest absolute Gasteiger partial charge is 0.485 e. The van der Waals surface area contributed by atoms with E-state index < -0.39 is 0 Å². The van der Waals surface area contributed by atoms with Gasteiger partial charge in [0, 0.05) is 36.2 Å². The second-order valence-corrected chi connectivity index (χ2v) is 11.9. The third-order valence-electron chi connectivity index (χ3n) is 7.68. The van der Waals surface area contributed by atoms with Crippen LogP contribution in [0.5, 0.6) is 5.75 Å². The Kier molecular flexibility index (Phi) is 12.3. The molecule has 0 spiro atoms. The van der Waals surface area contributed by atoms with Gasteiger partial charge in [-0.25, -0.2) is 14.4 Å². The van der Waals surface area contributed by atoms with Crippen LogP contribution in [0.25, 0.3) is 10.9 Å². The molecule has 1 N–H and O–H groups in total. The first-order chi connectivity index (χ1) is 20.8. The minimum absolute atomic E-state index is 0.0180. The average Bonchev–Trinajstić information content (AvgIpc) is 3.61. The van der Waals surface area contributed by atoms with Crippen LogP contribution in [0.2, 0.25) is 5.02 Å². The van der Waals surface area contributed by atoms with Gasteiger partial charge in [0.05, 0.1) is 28.4 Å². The lowest BCUT2D eigenvalue weighted by molar-refractivity contribution is -0.111. The summed E-state index contributed by atoms with van der Waals surface area (Å²) < 4.78 is 24.7. The highest BCUT2D eigenvalue weighted by Gasteiger charge is 2.42. The Balaban J connectivity index is 0.000000297. The van der Waals surface area contributed by atoms with Crippen LogP contribution in [0.15, 0.2) is 48.8 Å². The van der Waals surface area contributed by atoms with E-state index in [1.165, 1.54) is 31.7 Å². The number of likely N-dealkylation sites (tertiary alicyclic amines) is 1. The normalized spacial score (nSPS) is 21.2.